The maximum absolute atomic E-state index is 12.8. The van der Waals surface area contributed by atoms with Crippen LogP contribution in [0.3, 0.4) is 0 Å². The highest BCUT2D eigenvalue weighted by Crippen LogP contribution is 2.36. The molecule has 0 spiro atoms. The lowest BCUT2D eigenvalue weighted by molar-refractivity contribution is -0.136. The van der Waals surface area contributed by atoms with Crippen molar-refractivity contribution in [1.82, 2.24) is 15.2 Å². The lowest BCUT2D eigenvalue weighted by Gasteiger charge is -2.29. The topological polar surface area (TPSA) is 105 Å². The maximum atomic E-state index is 12.8. The first kappa shape index (κ1) is 16.9. The van der Waals surface area contributed by atoms with Gasteiger partial charge >= 0.3 is 0 Å². The zero-order valence-electron chi connectivity index (χ0n) is 14.0. The number of thiazole rings is 1. The van der Waals surface area contributed by atoms with E-state index in [0.29, 0.717) is 25.1 Å². The van der Waals surface area contributed by atoms with Gasteiger partial charge < -0.3 is 10.6 Å². The van der Waals surface area contributed by atoms with Crippen molar-refractivity contribution in [1.29, 1.82) is 0 Å². The molecule has 0 aliphatic carbocycles. The zero-order chi connectivity index (χ0) is 18.3. The summed E-state index contributed by atoms with van der Waals surface area (Å²) in [5.74, 6) is -0.857. The van der Waals surface area contributed by atoms with Crippen molar-refractivity contribution in [2.75, 3.05) is 6.54 Å². The Morgan fingerprint density at radius 2 is 2.08 bits per heavy atom. The van der Waals surface area contributed by atoms with Gasteiger partial charge in [-0.15, -0.1) is 11.3 Å². The SMILES string of the molecule is NCCc1cnc(-c2cccc3c2CN(C2CCC(=O)NC2=O)C3=O)s1. The molecule has 2 aliphatic rings. The van der Waals surface area contributed by atoms with E-state index in [0.717, 1.165) is 27.4 Å². The fourth-order valence-electron chi connectivity index (χ4n) is 3.48. The molecule has 26 heavy (non-hydrogen) atoms. The minimum absolute atomic E-state index is 0.171. The molecule has 3 N–H and O–H groups in total. The molecule has 1 aromatic heterocycles. The molecule has 3 heterocycles. The van der Waals surface area contributed by atoms with Crippen molar-refractivity contribution in [2.45, 2.75) is 31.8 Å². The van der Waals surface area contributed by atoms with E-state index in [2.05, 4.69) is 10.3 Å². The molecule has 3 amide bonds. The van der Waals surface area contributed by atoms with Crippen molar-refractivity contribution in [3.05, 3.63) is 40.4 Å². The Bertz CT molecular complexity index is 908. The van der Waals surface area contributed by atoms with Crippen LogP contribution in [-0.4, -0.2) is 40.2 Å². The Balaban J connectivity index is 1.66. The molecule has 134 valence electrons. The van der Waals surface area contributed by atoms with E-state index >= 15 is 0 Å². The quantitative estimate of drug-likeness (QED) is 0.783. The number of carbonyl (C=O) groups excluding carboxylic acids is 3. The summed E-state index contributed by atoms with van der Waals surface area (Å²) in [6, 6.07) is 4.96. The Morgan fingerprint density at radius 3 is 2.85 bits per heavy atom. The largest absolute Gasteiger partial charge is 0.330 e. The Labute approximate surface area is 154 Å². The summed E-state index contributed by atoms with van der Waals surface area (Å²) < 4.78 is 0. The minimum Gasteiger partial charge on any atom is -0.330 e. The first-order valence-electron chi connectivity index (χ1n) is 8.50. The number of nitrogens with two attached hydrogens (primary N) is 1. The number of fused-ring (bicyclic) bond motifs is 1. The summed E-state index contributed by atoms with van der Waals surface area (Å²) >= 11 is 1.57. The number of rotatable bonds is 4. The summed E-state index contributed by atoms with van der Waals surface area (Å²) in [5.41, 5.74) is 8.01. The fraction of sp³-hybridized carbons (Fsp3) is 0.333. The summed E-state index contributed by atoms with van der Waals surface area (Å²) in [4.78, 5) is 43.5. The molecule has 7 nitrogen and oxygen atoms in total. The third-order valence-corrected chi connectivity index (χ3v) is 5.85. The number of aromatic nitrogens is 1. The highest BCUT2D eigenvalue weighted by molar-refractivity contribution is 7.15. The third-order valence-electron chi connectivity index (χ3n) is 4.76. The van der Waals surface area contributed by atoms with E-state index in [1.54, 1.807) is 22.3 Å². The molecule has 0 bridgehead atoms. The zero-order valence-corrected chi connectivity index (χ0v) is 14.8. The second-order valence-electron chi connectivity index (χ2n) is 6.40. The van der Waals surface area contributed by atoms with Crippen molar-refractivity contribution < 1.29 is 14.4 Å². The second-order valence-corrected chi connectivity index (χ2v) is 7.52. The van der Waals surface area contributed by atoms with Gasteiger partial charge in [-0.1, -0.05) is 12.1 Å². The van der Waals surface area contributed by atoms with Gasteiger partial charge in [0.2, 0.25) is 11.8 Å². The molecule has 1 unspecified atom stereocenters. The van der Waals surface area contributed by atoms with E-state index < -0.39 is 11.9 Å². The summed E-state index contributed by atoms with van der Waals surface area (Å²) in [6.45, 7) is 0.915. The highest BCUT2D eigenvalue weighted by atomic mass is 32.1. The van der Waals surface area contributed by atoms with E-state index in [1.807, 2.05) is 18.3 Å². The number of hydrogen-bond donors (Lipinski definition) is 2. The molecule has 1 aromatic carbocycles. The smallest absolute Gasteiger partial charge is 0.255 e. The van der Waals surface area contributed by atoms with Crippen molar-refractivity contribution >= 4 is 29.1 Å². The Hall–Kier alpha value is -2.58. The van der Waals surface area contributed by atoms with E-state index in [-0.39, 0.29) is 18.2 Å². The second kappa shape index (κ2) is 6.62. The highest BCUT2D eigenvalue weighted by Gasteiger charge is 2.40. The Kier molecular flexibility index (Phi) is 4.29. The third kappa shape index (κ3) is 2.81. The number of hydrogen-bond acceptors (Lipinski definition) is 6. The monoisotopic (exact) mass is 370 g/mol. The van der Waals surface area contributed by atoms with E-state index in [1.165, 1.54) is 0 Å². The van der Waals surface area contributed by atoms with Crippen LogP contribution < -0.4 is 11.1 Å². The van der Waals surface area contributed by atoms with Crippen LogP contribution in [0, 0.1) is 0 Å². The number of amides is 3. The van der Waals surface area contributed by atoms with Crippen molar-refractivity contribution in [3.8, 4) is 10.6 Å². The van der Waals surface area contributed by atoms with Crippen molar-refractivity contribution in [3.63, 3.8) is 0 Å². The molecule has 1 saturated heterocycles. The fourth-order valence-corrected chi connectivity index (χ4v) is 4.46. The summed E-state index contributed by atoms with van der Waals surface area (Å²) in [6.07, 6.45) is 3.20. The minimum atomic E-state index is -0.607. The summed E-state index contributed by atoms with van der Waals surface area (Å²) in [5, 5.41) is 3.17. The van der Waals surface area contributed by atoms with Gasteiger partial charge in [-0.3, -0.25) is 19.7 Å². The van der Waals surface area contributed by atoms with Crippen LogP contribution in [0.5, 0.6) is 0 Å². The Morgan fingerprint density at radius 1 is 1.27 bits per heavy atom. The van der Waals surface area contributed by atoms with Gasteiger partial charge in [-0.2, -0.15) is 0 Å². The average Bonchev–Trinajstić information content (AvgIpc) is 3.21. The van der Waals surface area contributed by atoms with Crippen LogP contribution in [0.25, 0.3) is 10.6 Å². The molecule has 8 heteroatoms. The van der Waals surface area contributed by atoms with E-state index in [9.17, 15) is 14.4 Å². The number of nitrogens with zero attached hydrogens (tertiary/aromatic N) is 2. The van der Waals surface area contributed by atoms with Gasteiger partial charge in [0.25, 0.3) is 5.91 Å². The van der Waals surface area contributed by atoms with Crippen LogP contribution >= 0.6 is 11.3 Å². The first-order valence-corrected chi connectivity index (χ1v) is 9.32. The van der Waals surface area contributed by atoms with Gasteiger partial charge in [-0.05, 0) is 31.0 Å². The number of carbonyl (C=O) groups is 3. The number of imide groups is 1. The van der Waals surface area contributed by atoms with Gasteiger partial charge in [0.15, 0.2) is 0 Å². The van der Waals surface area contributed by atoms with Crippen LogP contribution in [0.2, 0.25) is 0 Å². The molecule has 2 aliphatic heterocycles. The maximum Gasteiger partial charge on any atom is 0.255 e. The van der Waals surface area contributed by atoms with Gasteiger partial charge in [0, 0.05) is 35.2 Å². The number of piperidine rings is 1. The lowest BCUT2D eigenvalue weighted by atomic mass is 10.0. The number of benzene rings is 1. The van der Waals surface area contributed by atoms with Crippen LogP contribution in [0.1, 0.15) is 33.6 Å². The van der Waals surface area contributed by atoms with Gasteiger partial charge in [0.1, 0.15) is 11.0 Å². The molecular weight excluding hydrogens is 352 g/mol. The number of nitrogens with one attached hydrogen (secondary N) is 1. The molecule has 4 rings (SSSR count). The predicted octanol–water partition coefficient (Wildman–Crippen LogP) is 1.07. The lowest BCUT2D eigenvalue weighted by Crippen LogP contribution is -2.52. The normalized spacial score (nSPS) is 19.7. The molecule has 0 radical (unpaired) electrons. The van der Waals surface area contributed by atoms with Crippen molar-refractivity contribution in [2.24, 2.45) is 5.73 Å². The molecule has 1 atom stereocenters. The van der Waals surface area contributed by atoms with Crippen LogP contribution in [-0.2, 0) is 22.6 Å². The molecule has 1 fully saturated rings. The van der Waals surface area contributed by atoms with Crippen LogP contribution in [0.4, 0.5) is 0 Å². The summed E-state index contributed by atoms with van der Waals surface area (Å²) in [7, 11) is 0. The molecule has 0 saturated carbocycles. The average molecular weight is 370 g/mol. The van der Waals surface area contributed by atoms with E-state index in [4.69, 9.17) is 5.73 Å². The predicted molar refractivity (Wildman–Crippen MR) is 96.4 cm³/mol. The molecule has 2 aromatic rings. The standard InChI is InChI=1S/C18H18N4O3S/c19-7-6-10-8-20-17(26-10)11-2-1-3-12-13(11)9-22(18(12)25)14-4-5-15(23)21-16(14)24/h1-3,8,14H,4-7,9,19H2,(H,21,23,24). The molecular formula is C18H18N4O3S. The van der Waals surface area contributed by atoms with Gasteiger partial charge in [0.05, 0.1) is 0 Å². The first-order chi connectivity index (χ1) is 12.6. The van der Waals surface area contributed by atoms with Gasteiger partial charge in [-0.25, -0.2) is 4.98 Å². The van der Waals surface area contributed by atoms with Crippen LogP contribution in [0.15, 0.2) is 24.4 Å².